The Morgan fingerprint density at radius 2 is 2.05 bits per heavy atom. The number of ether oxygens (including phenoxy) is 1. The SMILES string of the molecule is CCNC(=O)N(C)c1ccc(OC/C(=C/F)CN)cc1.Cl. The van der Waals surface area contributed by atoms with Crippen molar-refractivity contribution in [2.24, 2.45) is 5.73 Å². The van der Waals surface area contributed by atoms with E-state index in [1.807, 2.05) is 6.92 Å². The number of rotatable bonds is 6. The lowest BCUT2D eigenvalue weighted by atomic mass is 10.3. The van der Waals surface area contributed by atoms with Gasteiger partial charge in [0.25, 0.3) is 0 Å². The van der Waals surface area contributed by atoms with Crippen molar-refractivity contribution in [3.63, 3.8) is 0 Å². The van der Waals surface area contributed by atoms with Crippen LogP contribution in [0.4, 0.5) is 14.9 Å². The van der Waals surface area contributed by atoms with E-state index in [0.29, 0.717) is 24.2 Å². The molecule has 0 fully saturated rings. The third-order valence-electron chi connectivity index (χ3n) is 2.70. The van der Waals surface area contributed by atoms with Crippen LogP contribution in [0.1, 0.15) is 6.92 Å². The summed E-state index contributed by atoms with van der Waals surface area (Å²) in [6, 6.07) is 6.78. The van der Waals surface area contributed by atoms with Crippen molar-refractivity contribution in [2.75, 3.05) is 31.6 Å². The van der Waals surface area contributed by atoms with Crippen LogP contribution in [0.3, 0.4) is 0 Å². The lowest BCUT2D eigenvalue weighted by Crippen LogP contribution is -2.36. The number of hydrogen-bond donors (Lipinski definition) is 2. The van der Waals surface area contributed by atoms with Crippen LogP contribution in [0.15, 0.2) is 36.2 Å². The molecule has 0 bridgehead atoms. The van der Waals surface area contributed by atoms with E-state index < -0.39 is 0 Å². The quantitative estimate of drug-likeness (QED) is 0.847. The molecule has 21 heavy (non-hydrogen) atoms. The second-order valence-electron chi connectivity index (χ2n) is 4.15. The highest BCUT2D eigenvalue weighted by atomic mass is 35.5. The molecule has 0 aromatic heterocycles. The minimum atomic E-state index is -0.174. The molecule has 1 aromatic carbocycles. The summed E-state index contributed by atoms with van der Waals surface area (Å²) in [6.07, 6.45) is 0.456. The van der Waals surface area contributed by atoms with Gasteiger partial charge in [0.2, 0.25) is 0 Å². The van der Waals surface area contributed by atoms with E-state index in [0.717, 1.165) is 5.69 Å². The van der Waals surface area contributed by atoms with Crippen LogP contribution in [0.25, 0.3) is 0 Å². The highest BCUT2D eigenvalue weighted by Crippen LogP contribution is 2.19. The molecule has 0 aliphatic rings. The maximum atomic E-state index is 12.3. The minimum Gasteiger partial charge on any atom is -0.489 e. The Hall–Kier alpha value is -1.79. The predicted octanol–water partition coefficient (Wildman–Crippen LogP) is 2.47. The van der Waals surface area contributed by atoms with Crippen molar-refractivity contribution in [2.45, 2.75) is 6.92 Å². The van der Waals surface area contributed by atoms with Gasteiger partial charge >= 0.3 is 6.03 Å². The summed E-state index contributed by atoms with van der Waals surface area (Å²) in [7, 11) is 1.68. The molecule has 0 radical (unpaired) electrons. The Bertz CT molecular complexity index is 466. The maximum absolute atomic E-state index is 12.3. The number of nitrogens with zero attached hydrogens (tertiary/aromatic N) is 1. The summed E-state index contributed by atoms with van der Waals surface area (Å²) in [5, 5.41) is 2.71. The van der Waals surface area contributed by atoms with Crippen molar-refractivity contribution >= 4 is 24.1 Å². The van der Waals surface area contributed by atoms with Crippen LogP contribution in [0.2, 0.25) is 0 Å². The van der Waals surface area contributed by atoms with Gasteiger partial charge in [-0.1, -0.05) is 0 Å². The summed E-state index contributed by atoms with van der Waals surface area (Å²) >= 11 is 0. The molecule has 0 unspecified atom stereocenters. The van der Waals surface area contributed by atoms with Crippen LogP contribution in [0, 0.1) is 0 Å². The molecular weight excluding hydrogens is 297 g/mol. The standard InChI is InChI=1S/C14H20FN3O2.ClH/c1-3-17-14(19)18(2)12-4-6-13(7-5-12)20-10-11(8-15)9-16;/h4-8H,3,9-10,16H2,1-2H3,(H,17,19);1H/b11-8+;. The zero-order chi connectivity index (χ0) is 15.0. The lowest BCUT2D eigenvalue weighted by molar-refractivity contribution is 0.248. The first kappa shape index (κ1) is 19.2. The first-order chi connectivity index (χ1) is 9.62. The molecule has 0 atom stereocenters. The molecule has 118 valence electrons. The highest BCUT2D eigenvalue weighted by molar-refractivity contribution is 5.91. The Morgan fingerprint density at radius 1 is 1.43 bits per heavy atom. The summed E-state index contributed by atoms with van der Waals surface area (Å²) < 4.78 is 17.7. The van der Waals surface area contributed by atoms with Crippen molar-refractivity contribution in [1.82, 2.24) is 5.32 Å². The van der Waals surface area contributed by atoms with Crippen molar-refractivity contribution in [1.29, 1.82) is 0 Å². The Labute approximate surface area is 130 Å². The van der Waals surface area contributed by atoms with Gasteiger partial charge in [-0.15, -0.1) is 12.4 Å². The number of benzene rings is 1. The fourth-order valence-electron chi connectivity index (χ4n) is 1.46. The first-order valence-corrected chi connectivity index (χ1v) is 6.35. The number of hydrogen-bond acceptors (Lipinski definition) is 3. The Morgan fingerprint density at radius 3 is 2.52 bits per heavy atom. The Kier molecular flexibility index (Phi) is 9.16. The molecule has 3 N–H and O–H groups in total. The number of amides is 2. The monoisotopic (exact) mass is 317 g/mol. The third kappa shape index (κ3) is 6.01. The largest absolute Gasteiger partial charge is 0.489 e. The normalized spacial score (nSPS) is 10.6. The van der Waals surface area contributed by atoms with Gasteiger partial charge in [-0.25, -0.2) is 9.18 Å². The zero-order valence-electron chi connectivity index (χ0n) is 12.1. The van der Waals surface area contributed by atoms with E-state index in [9.17, 15) is 9.18 Å². The van der Waals surface area contributed by atoms with Crippen LogP contribution >= 0.6 is 12.4 Å². The molecule has 0 saturated heterocycles. The summed E-state index contributed by atoms with van der Waals surface area (Å²) in [5.74, 6) is 0.589. The fraction of sp³-hybridized carbons (Fsp3) is 0.357. The number of nitrogens with one attached hydrogen (secondary N) is 1. The number of carbonyl (C=O) groups excluding carboxylic acids is 1. The first-order valence-electron chi connectivity index (χ1n) is 6.35. The fourth-order valence-corrected chi connectivity index (χ4v) is 1.46. The highest BCUT2D eigenvalue weighted by Gasteiger charge is 2.09. The van der Waals surface area contributed by atoms with Gasteiger partial charge in [0.1, 0.15) is 12.4 Å². The predicted molar refractivity (Wildman–Crippen MR) is 84.9 cm³/mol. The molecule has 0 aliphatic heterocycles. The van der Waals surface area contributed by atoms with Crippen LogP contribution in [-0.2, 0) is 0 Å². The van der Waals surface area contributed by atoms with Crippen LogP contribution < -0.4 is 20.7 Å². The smallest absolute Gasteiger partial charge is 0.321 e. The van der Waals surface area contributed by atoms with E-state index in [4.69, 9.17) is 10.5 Å². The van der Waals surface area contributed by atoms with E-state index in [-0.39, 0.29) is 31.6 Å². The maximum Gasteiger partial charge on any atom is 0.321 e. The molecule has 1 aromatic rings. The number of carbonyl (C=O) groups is 1. The van der Waals surface area contributed by atoms with Crippen molar-refractivity contribution in [3.8, 4) is 5.75 Å². The van der Waals surface area contributed by atoms with Crippen molar-refractivity contribution in [3.05, 3.63) is 36.2 Å². The summed E-state index contributed by atoms with van der Waals surface area (Å²) in [6.45, 7) is 2.66. The van der Waals surface area contributed by atoms with Gasteiger partial charge in [-0.05, 0) is 31.2 Å². The molecular formula is C14H21ClFN3O2. The van der Waals surface area contributed by atoms with Crippen LogP contribution in [-0.4, -0.2) is 32.8 Å². The van der Waals surface area contributed by atoms with Gasteiger partial charge in [0.15, 0.2) is 0 Å². The molecule has 0 aliphatic carbocycles. The zero-order valence-corrected chi connectivity index (χ0v) is 13.0. The van der Waals surface area contributed by atoms with E-state index in [1.165, 1.54) is 4.90 Å². The van der Waals surface area contributed by atoms with Gasteiger partial charge < -0.3 is 15.8 Å². The van der Waals surface area contributed by atoms with E-state index >= 15 is 0 Å². The topological polar surface area (TPSA) is 67.6 Å². The Balaban J connectivity index is 0.00000400. The second-order valence-corrected chi connectivity index (χ2v) is 4.15. The number of anilines is 1. The molecule has 0 saturated carbocycles. The second kappa shape index (κ2) is 10.0. The third-order valence-corrected chi connectivity index (χ3v) is 2.70. The number of nitrogens with two attached hydrogens (primary N) is 1. The molecule has 5 nitrogen and oxygen atoms in total. The number of urea groups is 1. The molecule has 0 heterocycles. The molecule has 0 spiro atoms. The van der Waals surface area contributed by atoms with Gasteiger partial charge in [-0.3, -0.25) is 4.90 Å². The molecule has 2 amide bonds. The molecule has 1 rings (SSSR count). The minimum absolute atomic E-state index is 0. The molecule has 7 heteroatoms. The number of halogens is 2. The van der Waals surface area contributed by atoms with Crippen molar-refractivity contribution < 1.29 is 13.9 Å². The van der Waals surface area contributed by atoms with E-state index in [1.54, 1.807) is 31.3 Å². The van der Waals surface area contributed by atoms with Crippen LogP contribution in [0.5, 0.6) is 5.75 Å². The van der Waals surface area contributed by atoms with Gasteiger partial charge in [-0.2, -0.15) is 0 Å². The lowest BCUT2D eigenvalue weighted by Gasteiger charge is -2.18. The average Bonchev–Trinajstić information content (AvgIpc) is 2.48. The van der Waals surface area contributed by atoms with Gasteiger partial charge in [0, 0.05) is 31.4 Å². The van der Waals surface area contributed by atoms with Gasteiger partial charge in [0.05, 0.1) is 6.33 Å². The summed E-state index contributed by atoms with van der Waals surface area (Å²) in [5.41, 5.74) is 6.46. The average molecular weight is 318 g/mol. The summed E-state index contributed by atoms with van der Waals surface area (Å²) in [4.78, 5) is 13.1. The van der Waals surface area contributed by atoms with E-state index in [2.05, 4.69) is 5.32 Å².